The van der Waals surface area contributed by atoms with Gasteiger partial charge in [-0.2, -0.15) is 0 Å². The van der Waals surface area contributed by atoms with Crippen LogP contribution in [0.2, 0.25) is 10.0 Å². The van der Waals surface area contributed by atoms with Crippen molar-refractivity contribution in [1.82, 2.24) is 5.32 Å². The van der Waals surface area contributed by atoms with Crippen LogP contribution in [0.15, 0.2) is 12.1 Å². The molecule has 2 aliphatic rings. The monoisotopic (exact) mass is 279 g/mol. The Morgan fingerprint density at radius 3 is 2.81 bits per heavy atom. The minimum atomic E-state index is 0. The molecule has 5 heteroatoms. The van der Waals surface area contributed by atoms with Gasteiger partial charge in [-0.05, 0) is 25.5 Å². The predicted octanol–water partition coefficient (Wildman–Crippen LogP) is 3.60. The van der Waals surface area contributed by atoms with E-state index in [2.05, 4.69) is 5.32 Å². The summed E-state index contributed by atoms with van der Waals surface area (Å²) in [6.07, 6.45) is 2.52. The van der Waals surface area contributed by atoms with Crippen LogP contribution in [0.5, 0.6) is 5.75 Å². The summed E-state index contributed by atoms with van der Waals surface area (Å²) in [7, 11) is 0. The normalized spacial score (nSPS) is 26.4. The van der Waals surface area contributed by atoms with Crippen LogP contribution in [0.25, 0.3) is 0 Å². The van der Waals surface area contributed by atoms with Gasteiger partial charge in [0.1, 0.15) is 11.9 Å². The highest BCUT2D eigenvalue weighted by molar-refractivity contribution is 6.42. The van der Waals surface area contributed by atoms with E-state index in [0.29, 0.717) is 16.1 Å². The first-order valence-electron chi connectivity index (χ1n) is 5.14. The molecule has 2 aliphatic heterocycles. The summed E-state index contributed by atoms with van der Waals surface area (Å²) in [5.74, 6) is 0.883. The summed E-state index contributed by atoms with van der Waals surface area (Å²) in [5.41, 5.74) is 1.15. The van der Waals surface area contributed by atoms with Crippen molar-refractivity contribution in [3.63, 3.8) is 0 Å². The molecule has 2 atom stereocenters. The molecule has 0 unspecified atom stereocenters. The summed E-state index contributed by atoms with van der Waals surface area (Å²) in [6.45, 7) is 1.05. The largest absolute Gasteiger partial charge is 0.488 e. The minimum Gasteiger partial charge on any atom is -0.488 e. The molecule has 3 rings (SSSR count). The fraction of sp³-hybridized carbons (Fsp3) is 0.455. The number of rotatable bonds is 0. The van der Waals surface area contributed by atoms with Gasteiger partial charge in [0.05, 0.1) is 16.1 Å². The van der Waals surface area contributed by atoms with Crippen molar-refractivity contribution in [2.75, 3.05) is 6.54 Å². The Morgan fingerprint density at radius 1 is 1.25 bits per heavy atom. The Bertz CT molecular complexity index is 410. The third kappa shape index (κ3) is 1.88. The number of hydrogen-bond acceptors (Lipinski definition) is 2. The van der Waals surface area contributed by atoms with Crippen LogP contribution in [-0.4, -0.2) is 12.6 Å². The molecule has 1 saturated heterocycles. The fourth-order valence-corrected chi connectivity index (χ4v) is 2.67. The van der Waals surface area contributed by atoms with Crippen LogP contribution in [-0.2, 0) is 0 Å². The summed E-state index contributed by atoms with van der Waals surface area (Å²) >= 11 is 12.0. The van der Waals surface area contributed by atoms with Crippen LogP contribution >= 0.6 is 35.6 Å². The standard InChI is InChI=1S/C11H11Cl2NO.ClH/c12-7-4-6-10(5-8(7)13)15-9-2-1-3-14-11(6)9;/h4-5,9,11,14H,1-3H2;1H/t9-,11-;/m0./s1. The summed E-state index contributed by atoms with van der Waals surface area (Å²) in [6, 6.07) is 4.03. The molecule has 2 heterocycles. The van der Waals surface area contributed by atoms with Crippen LogP contribution in [0.4, 0.5) is 0 Å². The molecule has 0 radical (unpaired) electrons. The summed E-state index contributed by atoms with van der Waals surface area (Å²) in [4.78, 5) is 0. The molecule has 2 nitrogen and oxygen atoms in total. The molecular formula is C11H12Cl3NO. The first kappa shape index (κ1) is 12.3. The second-order valence-electron chi connectivity index (χ2n) is 4.03. The lowest BCUT2D eigenvalue weighted by Gasteiger charge is -2.25. The third-order valence-corrected chi connectivity index (χ3v) is 3.79. The number of halogens is 3. The first-order valence-corrected chi connectivity index (χ1v) is 5.90. The lowest BCUT2D eigenvalue weighted by atomic mass is 9.97. The van der Waals surface area contributed by atoms with Crippen molar-refractivity contribution in [2.24, 2.45) is 0 Å². The van der Waals surface area contributed by atoms with Crippen LogP contribution < -0.4 is 10.1 Å². The van der Waals surface area contributed by atoms with Crippen molar-refractivity contribution in [3.8, 4) is 5.75 Å². The Hall–Kier alpha value is -0.150. The highest BCUT2D eigenvalue weighted by Gasteiger charge is 2.36. The van der Waals surface area contributed by atoms with Crippen LogP contribution in [0.3, 0.4) is 0 Å². The van der Waals surface area contributed by atoms with E-state index in [1.807, 2.05) is 12.1 Å². The molecule has 16 heavy (non-hydrogen) atoms. The van der Waals surface area contributed by atoms with Crippen molar-refractivity contribution in [2.45, 2.75) is 25.0 Å². The van der Waals surface area contributed by atoms with Gasteiger partial charge in [0.2, 0.25) is 0 Å². The van der Waals surface area contributed by atoms with E-state index < -0.39 is 0 Å². The maximum atomic E-state index is 6.01. The van der Waals surface area contributed by atoms with E-state index in [9.17, 15) is 0 Å². The van der Waals surface area contributed by atoms with Gasteiger partial charge >= 0.3 is 0 Å². The molecule has 0 saturated carbocycles. The number of benzene rings is 1. The number of ether oxygens (including phenoxy) is 1. The Morgan fingerprint density at radius 2 is 2.00 bits per heavy atom. The molecule has 0 aromatic heterocycles. The van der Waals surface area contributed by atoms with Crippen molar-refractivity contribution < 1.29 is 4.74 Å². The highest BCUT2D eigenvalue weighted by atomic mass is 35.5. The maximum Gasteiger partial charge on any atom is 0.126 e. The minimum absolute atomic E-state index is 0. The average molecular weight is 281 g/mol. The fourth-order valence-electron chi connectivity index (χ4n) is 2.35. The third-order valence-electron chi connectivity index (χ3n) is 3.07. The van der Waals surface area contributed by atoms with Crippen molar-refractivity contribution in [3.05, 3.63) is 27.7 Å². The van der Waals surface area contributed by atoms with E-state index >= 15 is 0 Å². The molecule has 1 aromatic carbocycles. The molecule has 0 aliphatic carbocycles. The number of hydrogen-bond donors (Lipinski definition) is 1. The molecule has 1 N–H and O–H groups in total. The second-order valence-corrected chi connectivity index (χ2v) is 4.85. The number of nitrogens with one attached hydrogen (secondary N) is 1. The number of fused-ring (bicyclic) bond motifs is 3. The zero-order valence-electron chi connectivity index (χ0n) is 8.50. The lowest BCUT2D eigenvalue weighted by molar-refractivity contribution is 0.154. The van der Waals surface area contributed by atoms with Gasteiger partial charge in [-0.25, -0.2) is 0 Å². The Labute approximate surface area is 111 Å². The van der Waals surface area contributed by atoms with Crippen molar-refractivity contribution >= 4 is 35.6 Å². The number of piperidine rings is 1. The van der Waals surface area contributed by atoms with Gasteiger partial charge in [-0.15, -0.1) is 12.4 Å². The van der Waals surface area contributed by atoms with Gasteiger partial charge < -0.3 is 10.1 Å². The van der Waals surface area contributed by atoms with Gasteiger partial charge in [0, 0.05) is 11.6 Å². The molecule has 0 spiro atoms. The predicted molar refractivity (Wildman–Crippen MR) is 68.1 cm³/mol. The Balaban J connectivity index is 0.000000963. The van der Waals surface area contributed by atoms with Gasteiger partial charge in [-0.1, -0.05) is 23.2 Å². The summed E-state index contributed by atoms with van der Waals surface area (Å²) < 4.78 is 5.84. The Kier molecular flexibility index (Phi) is 3.55. The molecule has 1 fully saturated rings. The molecule has 1 aromatic rings. The first-order chi connectivity index (χ1) is 7.25. The maximum absolute atomic E-state index is 6.01. The van der Waals surface area contributed by atoms with Gasteiger partial charge in [0.15, 0.2) is 0 Å². The smallest absolute Gasteiger partial charge is 0.126 e. The van der Waals surface area contributed by atoms with E-state index in [-0.39, 0.29) is 18.5 Å². The average Bonchev–Trinajstić information content (AvgIpc) is 2.57. The van der Waals surface area contributed by atoms with Gasteiger partial charge in [-0.3, -0.25) is 0 Å². The topological polar surface area (TPSA) is 21.3 Å². The van der Waals surface area contributed by atoms with Crippen LogP contribution in [0, 0.1) is 0 Å². The van der Waals surface area contributed by atoms with Gasteiger partial charge in [0.25, 0.3) is 0 Å². The molecule has 88 valence electrons. The van der Waals surface area contributed by atoms with E-state index in [1.54, 1.807) is 0 Å². The quantitative estimate of drug-likeness (QED) is 0.784. The van der Waals surface area contributed by atoms with Crippen molar-refractivity contribution in [1.29, 1.82) is 0 Å². The van der Waals surface area contributed by atoms with Crippen LogP contribution in [0.1, 0.15) is 24.4 Å². The lowest BCUT2D eigenvalue weighted by Crippen LogP contribution is -2.36. The highest BCUT2D eigenvalue weighted by Crippen LogP contribution is 2.43. The van der Waals surface area contributed by atoms with E-state index in [4.69, 9.17) is 27.9 Å². The SMILES string of the molecule is Cl.Clc1cc2c(cc1Cl)[C@@H]1NCCC[C@@H]1O2. The zero-order valence-corrected chi connectivity index (χ0v) is 10.8. The zero-order chi connectivity index (χ0) is 10.4. The molecule has 0 amide bonds. The van der Waals surface area contributed by atoms with E-state index in [0.717, 1.165) is 30.7 Å². The van der Waals surface area contributed by atoms with E-state index in [1.165, 1.54) is 0 Å². The molecular weight excluding hydrogens is 268 g/mol. The second kappa shape index (κ2) is 4.61. The summed E-state index contributed by atoms with van der Waals surface area (Å²) in [5, 5.41) is 4.62. The molecule has 0 bridgehead atoms.